The Balaban J connectivity index is 1.55. The summed E-state index contributed by atoms with van der Waals surface area (Å²) in [4.78, 5) is 30.0. The maximum Gasteiger partial charge on any atom is 0.280 e. The summed E-state index contributed by atoms with van der Waals surface area (Å²) in [6.07, 6.45) is 5.40. The zero-order chi connectivity index (χ0) is 19.3. The minimum Gasteiger partial charge on any atom is -0.379 e. The topological polar surface area (TPSA) is 71.5 Å². The molecule has 7 nitrogen and oxygen atoms in total. The van der Waals surface area contributed by atoms with Gasteiger partial charge in [0.1, 0.15) is 5.69 Å². The fraction of sp³-hybridized carbons (Fsp3) is 0.368. The highest BCUT2D eigenvalue weighted by atomic mass is 35.5. The first kappa shape index (κ1) is 19.2. The third kappa shape index (κ3) is 4.47. The Morgan fingerprint density at radius 1 is 1.29 bits per heavy atom. The molecule has 1 saturated heterocycles. The highest BCUT2D eigenvalue weighted by Gasteiger charge is 2.23. The molecule has 0 saturated carbocycles. The third-order valence-electron chi connectivity index (χ3n) is 4.56. The zero-order valence-corrected chi connectivity index (χ0v) is 16.8. The van der Waals surface area contributed by atoms with Crippen LogP contribution in [0.4, 0.5) is 5.13 Å². The lowest BCUT2D eigenvalue weighted by Crippen LogP contribution is -2.39. The first-order valence-electron chi connectivity index (χ1n) is 9.15. The molecule has 1 aliphatic rings. The van der Waals surface area contributed by atoms with E-state index in [0.29, 0.717) is 22.4 Å². The monoisotopic (exact) mass is 417 g/mol. The van der Waals surface area contributed by atoms with Crippen molar-refractivity contribution < 1.29 is 9.53 Å². The molecule has 146 valence electrons. The SMILES string of the molecule is O=C(c1cnccn1)N(CCCN1CCOCC1)c1nc2ccc(Cl)cc2s1. The van der Waals surface area contributed by atoms with Gasteiger partial charge in [-0.25, -0.2) is 9.97 Å². The van der Waals surface area contributed by atoms with E-state index in [1.165, 1.54) is 23.7 Å². The molecule has 1 aromatic carbocycles. The van der Waals surface area contributed by atoms with Gasteiger partial charge in [0, 0.05) is 43.6 Å². The molecule has 28 heavy (non-hydrogen) atoms. The van der Waals surface area contributed by atoms with Crippen LogP contribution in [0.1, 0.15) is 16.9 Å². The smallest absolute Gasteiger partial charge is 0.280 e. The second-order valence-electron chi connectivity index (χ2n) is 6.46. The van der Waals surface area contributed by atoms with Crippen molar-refractivity contribution >= 4 is 44.2 Å². The van der Waals surface area contributed by atoms with Gasteiger partial charge >= 0.3 is 0 Å². The number of rotatable bonds is 6. The molecule has 2 aromatic heterocycles. The molecular weight excluding hydrogens is 398 g/mol. The quantitative estimate of drug-likeness (QED) is 0.613. The average molecular weight is 418 g/mol. The van der Waals surface area contributed by atoms with E-state index in [9.17, 15) is 4.79 Å². The van der Waals surface area contributed by atoms with Crippen LogP contribution in [-0.2, 0) is 4.74 Å². The first-order valence-corrected chi connectivity index (χ1v) is 10.3. The van der Waals surface area contributed by atoms with Gasteiger partial charge in [-0.2, -0.15) is 0 Å². The minimum atomic E-state index is -0.194. The van der Waals surface area contributed by atoms with E-state index in [1.807, 2.05) is 12.1 Å². The van der Waals surface area contributed by atoms with Crippen molar-refractivity contribution in [2.24, 2.45) is 0 Å². The number of halogens is 1. The Kier molecular flexibility index (Phi) is 6.11. The summed E-state index contributed by atoms with van der Waals surface area (Å²) in [7, 11) is 0. The lowest BCUT2D eigenvalue weighted by atomic mass is 10.3. The van der Waals surface area contributed by atoms with Crippen molar-refractivity contribution in [2.45, 2.75) is 6.42 Å². The fourth-order valence-corrected chi connectivity index (χ4v) is 4.38. The Morgan fingerprint density at radius 2 is 2.14 bits per heavy atom. The molecule has 0 radical (unpaired) electrons. The molecule has 4 rings (SSSR count). The van der Waals surface area contributed by atoms with Crippen LogP contribution in [0.25, 0.3) is 10.2 Å². The molecule has 9 heteroatoms. The molecule has 0 unspecified atom stereocenters. The molecular formula is C19H20ClN5O2S. The molecule has 0 N–H and O–H groups in total. The lowest BCUT2D eigenvalue weighted by molar-refractivity contribution is 0.0376. The third-order valence-corrected chi connectivity index (χ3v) is 5.83. The van der Waals surface area contributed by atoms with Crippen molar-refractivity contribution in [1.82, 2.24) is 19.9 Å². The lowest BCUT2D eigenvalue weighted by Gasteiger charge is -2.27. The van der Waals surface area contributed by atoms with Gasteiger partial charge in [-0.05, 0) is 24.6 Å². The number of fused-ring (bicyclic) bond motifs is 1. The summed E-state index contributed by atoms with van der Waals surface area (Å²) in [6, 6.07) is 5.55. The second-order valence-corrected chi connectivity index (χ2v) is 7.91. The number of hydrogen-bond donors (Lipinski definition) is 0. The number of morpholine rings is 1. The van der Waals surface area contributed by atoms with Gasteiger partial charge in [-0.3, -0.25) is 19.6 Å². The van der Waals surface area contributed by atoms with Crippen molar-refractivity contribution in [3.8, 4) is 0 Å². The van der Waals surface area contributed by atoms with E-state index in [1.54, 1.807) is 17.2 Å². The van der Waals surface area contributed by atoms with Gasteiger partial charge in [-0.1, -0.05) is 22.9 Å². The highest BCUT2D eigenvalue weighted by Crippen LogP contribution is 2.31. The normalized spacial score (nSPS) is 15.0. The molecule has 0 spiro atoms. The van der Waals surface area contributed by atoms with E-state index in [4.69, 9.17) is 16.3 Å². The Labute approximate surface area is 171 Å². The summed E-state index contributed by atoms with van der Waals surface area (Å²) >= 11 is 7.56. The largest absolute Gasteiger partial charge is 0.379 e. The molecule has 0 bridgehead atoms. The van der Waals surface area contributed by atoms with E-state index in [0.717, 1.165) is 49.5 Å². The van der Waals surface area contributed by atoms with Gasteiger partial charge in [0.2, 0.25) is 0 Å². The predicted molar refractivity (Wildman–Crippen MR) is 110 cm³/mol. The van der Waals surface area contributed by atoms with Crippen molar-refractivity contribution in [2.75, 3.05) is 44.3 Å². The van der Waals surface area contributed by atoms with E-state index < -0.39 is 0 Å². The Bertz CT molecular complexity index is 946. The summed E-state index contributed by atoms with van der Waals surface area (Å²) < 4.78 is 6.35. The number of aromatic nitrogens is 3. The zero-order valence-electron chi connectivity index (χ0n) is 15.3. The Morgan fingerprint density at radius 3 is 2.93 bits per heavy atom. The Hall–Kier alpha value is -2.13. The molecule has 3 aromatic rings. The summed E-state index contributed by atoms with van der Waals surface area (Å²) in [5.74, 6) is -0.194. The minimum absolute atomic E-state index is 0.194. The van der Waals surface area contributed by atoms with Crippen LogP contribution < -0.4 is 4.90 Å². The van der Waals surface area contributed by atoms with Gasteiger partial charge in [0.15, 0.2) is 5.13 Å². The number of carbonyl (C=O) groups excluding carboxylic acids is 1. The maximum absolute atomic E-state index is 13.1. The molecule has 0 atom stereocenters. The molecule has 3 heterocycles. The van der Waals surface area contributed by atoms with Crippen LogP contribution in [0.15, 0.2) is 36.8 Å². The number of nitrogens with zero attached hydrogens (tertiary/aromatic N) is 5. The average Bonchev–Trinajstić information content (AvgIpc) is 3.15. The van der Waals surface area contributed by atoms with Crippen LogP contribution in [-0.4, -0.2) is 65.2 Å². The summed E-state index contributed by atoms with van der Waals surface area (Å²) in [6.45, 7) is 4.85. The number of carbonyl (C=O) groups is 1. The molecule has 1 aliphatic heterocycles. The first-order chi connectivity index (χ1) is 13.7. The summed E-state index contributed by atoms with van der Waals surface area (Å²) in [5, 5.41) is 1.30. The molecule has 0 aliphatic carbocycles. The van der Waals surface area contributed by atoms with E-state index >= 15 is 0 Å². The summed E-state index contributed by atoms with van der Waals surface area (Å²) in [5.41, 5.74) is 1.14. The number of thiazole rings is 1. The van der Waals surface area contributed by atoms with Gasteiger partial charge in [-0.15, -0.1) is 0 Å². The van der Waals surface area contributed by atoms with Crippen LogP contribution in [0, 0.1) is 0 Å². The molecule has 1 amide bonds. The van der Waals surface area contributed by atoms with E-state index in [2.05, 4.69) is 19.9 Å². The van der Waals surface area contributed by atoms with Crippen LogP contribution in [0.3, 0.4) is 0 Å². The van der Waals surface area contributed by atoms with E-state index in [-0.39, 0.29) is 5.91 Å². The maximum atomic E-state index is 13.1. The van der Waals surface area contributed by atoms with Crippen LogP contribution >= 0.6 is 22.9 Å². The van der Waals surface area contributed by atoms with Crippen molar-refractivity contribution in [1.29, 1.82) is 0 Å². The fourth-order valence-electron chi connectivity index (χ4n) is 3.11. The highest BCUT2D eigenvalue weighted by molar-refractivity contribution is 7.22. The van der Waals surface area contributed by atoms with Crippen molar-refractivity contribution in [3.63, 3.8) is 0 Å². The van der Waals surface area contributed by atoms with Gasteiger partial charge in [0.25, 0.3) is 5.91 Å². The van der Waals surface area contributed by atoms with Crippen LogP contribution in [0.5, 0.6) is 0 Å². The van der Waals surface area contributed by atoms with Gasteiger partial charge < -0.3 is 4.74 Å². The number of benzene rings is 1. The van der Waals surface area contributed by atoms with Crippen LogP contribution in [0.2, 0.25) is 5.02 Å². The number of amides is 1. The molecule has 1 fully saturated rings. The standard InChI is InChI=1S/C19H20ClN5O2S/c20-14-2-3-15-17(12-14)28-19(23-15)25(18(26)16-13-21-4-5-22-16)7-1-6-24-8-10-27-11-9-24/h2-5,12-13H,1,6-11H2. The number of ether oxygens (including phenoxy) is 1. The number of hydrogen-bond acceptors (Lipinski definition) is 7. The van der Waals surface area contributed by atoms with Crippen molar-refractivity contribution in [3.05, 3.63) is 47.5 Å². The van der Waals surface area contributed by atoms with Gasteiger partial charge in [0.05, 0.1) is 29.6 Å². The second kappa shape index (κ2) is 8.91. The predicted octanol–water partition coefficient (Wildman–Crippen LogP) is 3.11. The number of anilines is 1.